The molecular weight excluding hydrogens is 304 g/mol. The fourth-order valence-corrected chi connectivity index (χ4v) is 2.29. The van der Waals surface area contributed by atoms with Crippen LogP contribution in [0, 0.1) is 6.92 Å². The Morgan fingerprint density at radius 1 is 1.12 bits per heavy atom. The number of hydrogen-bond acceptors (Lipinski definition) is 5. The lowest BCUT2D eigenvalue weighted by molar-refractivity contribution is 0.0964. The van der Waals surface area contributed by atoms with Gasteiger partial charge in [0.25, 0.3) is 5.91 Å². The van der Waals surface area contributed by atoms with Gasteiger partial charge in [-0.05, 0) is 19.1 Å². The molecule has 0 aliphatic rings. The van der Waals surface area contributed by atoms with Gasteiger partial charge in [0.15, 0.2) is 0 Å². The molecule has 0 unspecified atom stereocenters. The summed E-state index contributed by atoms with van der Waals surface area (Å²) in [6.45, 7) is 2.37. The van der Waals surface area contributed by atoms with Gasteiger partial charge in [-0.3, -0.25) is 4.79 Å². The van der Waals surface area contributed by atoms with Gasteiger partial charge in [0.05, 0.1) is 12.1 Å². The molecule has 0 fully saturated rings. The fourth-order valence-electron chi connectivity index (χ4n) is 2.29. The van der Waals surface area contributed by atoms with Crippen LogP contribution in [0.2, 0.25) is 0 Å². The second kappa shape index (κ2) is 6.95. The van der Waals surface area contributed by atoms with Crippen molar-refractivity contribution in [3.05, 3.63) is 65.5 Å². The number of amides is 1. The Morgan fingerprint density at radius 2 is 1.88 bits per heavy atom. The van der Waals surface area contributed by atoms with Gasteiger partial charge in [0.2, 0.25) is 11.7 Å². The molecule has 0 radical (unpaired) electrons. The van der Waals surface area contributed by atoms with E-state index in [0.29, 0.717) is 29.5 Å². The zero-order chi connectivity index (χ0) is 16.9. The Labute approximate surface area is 139 Å². The van der Waals surface area contributed by atoms with Crippen LogP contribution in [0.4, 0.5) is 5.69 Å². The molecule has 0 spiro atoms. The summed E-state index contributed by atoms with van der Waals surface area (Å²) in [5.41, 5.74) is 3.36. The standard InChI is InChI=1S/C18H18N4O2/c1-12-7-9-13(10-8-12)17-21-16(24-22-17)11-20-15-6-4-3-5-14(15)18(23)19-2/h3-10,20H,11H2,1-2H3,(H,19,23). The van der Waals surface area contributed by atoms with E-state index in [1.165, 1.54) is 5.56 Å². The monoisotopic (exact) mass is 322 g/mol. The quantitative estimate of drug-likeness (QED) is 0.755. The lowest BCUT2D eigenvalue weighted by Crippen LogP contribution is -2.19. The van der Waals surface area contributed by atoms with E-state index in [9.17, 15) is 4.79 Å². The van der Waals surface area contributed by atoms with Crippen molar-refractivity contribution in [2.24, 2.45) is 0 Å². The highest BCUT2D eigenvalue weighted by Gasteiger charge is 2.11. The Hall–Kier alpha value is -3.15. The molecule has 3 rings (SSSR count). The zero-order valence-electron chi connectivity index (χ0n) is 13.5. The fraction of sp³-hybridized carbons (Fsp3) is 0.167. The topological polar surface area (TPSA) is 80.0 Å². The number of aromatic nitrogens is 2. The van der Waals surface area contributed by atoms with E-state index in [4.69, 9.17) is 4.52 Å². The van der Waals surface area contributed by atoms with Crippen LogP contribution in [0.25, 0.3) is 11.4 Å². The average molecular weight is 322 g/mol. The molecule has 0 aliphatic heterocycles. The molecule has 6 nitrogen and oxygen atoms in total. The summed E-state index contributed by atoms with van der Waals surface area (Å²) in [7, 11) is 1.60. The summed E-state index contributed by atoms with van der Waals surface area (Å²) in [5.74, 6) is 0.854. The molecule has 0 aliphatic carbocycles. The summed E-state index contributed by atoms with van der Waals surface area (Å²) < 4.78 is 5.27. The van der Waals surface area contributed by atoms with Gasteiger partial charge < -0.3 is 15.2 Å². The van der Waals surface area contributed by atoms with Crippen LogP contribution in [-0.2, 0) is 6.54 Å². The Balaban J connectivity index is 1.72. The number of hydrogen-bond donors (Lipinski definition) is 2. The molecule has 0 saturated heterocycles. The number of carbonyl (C=O) groups is 1. The van der Waals surface area contributed by atoms with Crippen LogP contribution in [-0.4, -0.2) is 23.1 Å². The van der Waals surface area contributed by atoms with Crippen LogP contribution in [0.1, 0.15) is 21.8 Å². The van der Waals surface area contributed by atoms with E-state index in [-0.39, 0.29) is 5.91 Å². The molecule has 0 bridgehead atoms. The minimum Gasteiger partial charge on any atom is -0.375 e. The summed E-state index contributed by atoms with van der Waals surface area (Å²) in [4.78, 5) is 16.2. The highest BCUT2D eigenvalue weighted by atomic mass is 16.5. The van der Waals surface area contributed by atoms with Gasteiger partial charge in [0, 0.05) is 18.3 Å². The number of nitrogens with zero attached hydrogens (tertiary/aromatic N) is 2. The minimum atomic E-state index is -0.149. The van der Waals surface area contributed by atoms with Gasteiger partial charge in [-0.25, -0.2) is 0 Å². The third kappa shape index (κ3) is 3.43. The molecular formula is C18H18N4O2. The molecule has 122 valence electrons. The summed E-state index contributed by atoms with van der Waals surface area (Å²) in [6, 6.07) is 15.2. The predicted octanol–water partition coefficient (Wildman–Crippen LogP) is 3.02. The molecule has 24 heavy (non-hydrogen) atoms. The molecule has 3 aromatic rings. The van der Waals surface area contributed by atoms with Crippen molar-refractivity contribution in [1.82, 2.24) is 15.5 Å². The lowest BCUT2D eigenvalue weighted by atomic mass is 10.1. The normalized spacial score (nSPS) is 10.4. The molecule has 2 N–H and O–H groups in total. The van der Waals surface area contributed by atoms with Crippen molar-refractivity contribution in [2.75, 3.05) is 12.4 Å². The number of anilines is 1. The second-order valence-electron chi connectivity index (χ2n) is 5.36. The smallest absolute Gasteiger partial charge is 0.253 e. The average Bonchev–Trinajstić information content (AvgIpc) is 3.09. The summed E-state index contributed by atoms with van der Waals surface area (Å²) >= 11 is 0. The Morgan fingerprint density at radius 3 is 2.62 bits per heavy atom. The SMILES string of the molecule is CNC(=O)c1ccccc1NCc1nc(-c2ccc(C)cc2)no1. The summed E-state index contributed by atoms with van der Waals surface area (Å²) in [5, 5.41) is 9.78. The second-order valence-corrected chi connectivity index (χ2v) is 5.36. The van der Waals surface area contributed by atoms with E-state index in [1.807, 2.05) is 49.4 Å². The first-order valence-corrected chi connectivity index (χ1v) is 7.62. The van der Waals surface area contributed by atoms with Gasteiger partial charge in [-0.15, -0.1) is 0 Å². The molecule has 1 amide bonds. The molecule has 6 heteroatoms. The van der Waals surface area contributed by atoms with Crippen molar-refractivity contribution in [3.63, 3.8) is 0 Å². The highest BCUT2D eigenvalue weighted by Crippen LogP contribution is 2.18. The lowest BCUT2D eigenvalue weighted by Gasteiger charge is -2.09. The van der Waals surface area contributed by atoms with Crippen LogP contribution in [0.5, 0.6) is 0 Å². The molecule has 1 aromatic heterocycles. The largest absolute Gasteiger partial charge is 0.375 e. The van der Waals surface area contributed by atoms with Crippen molar-refractivity contribution >= 4 is 11.6 Å². The Bertz CT molecular complexity index is 840. The van der Waals surface area contributed by atoms with E-state index >= 15 is 0 Å². The summed E-state index contributed by atoms with van der Waals surface area (Å²) in [6.07, 6.45) is 0. The maximum Gasteiger partial charge on any atom is 0.253 e. The predicted molar refractivity (Wildman–Crippen MR) is 91.6 cm³/mol. The third-order valence-corrected chi connectivity index (χ3v) is 3.61. The van der Waals surface area contributed by atoms with Crippen LogP contribution in [0.3, 0.4) is 0 Å². The van der Waals surface area contributed by atoms with Gasteiger partial charge >= 0.3 is 0 Å². The van der Waals surface area contributed by atoms with Crippen LogP contribution < -0.4 is 10.6 Å². The third-order valence-electron chi connectivity index (χ3n) is 3.61. The van der Waals surface area contributed by atoms with E-state index < -0.39 is 0 Å². The molecule has 0 saturated carbocycles. The molecule has 0 atom stereocenters. The number of benzene rings is 2. The first-order chi connectivity index (χ1) is 11.7. The van der Waals surface area contributed by atoms with Crippen LogP contribution >= 0.6 is 0 Å². The number of rotatable bonds is 5. The highest BCUT2D eigenvalue weighted by molar-refractivity contribution is 5.99. The van der Waals surface area contributed by atoms with Crippen molar-refractivity contribution < 1.29 is 9.32 Å². The number of carbonyl (C=O) groups excluding carboxylic acids is 1. The Kier molecular flexibility index (Phi) is 4.56. The van der Waals surface area contributed by atoms with Gasteiger partial charge in [-0.2, -0.15) is 4.98 Å². The number of para-hydroxylation sites is 1. The molecule has 2 aromatic carbocycles. The van der Waals surface area contributed by atoms with Crippen molar-refractivity contribution in [1.29, 1.82) is 0 Å². The van der Waals surface area contributed by atoms with Crippen molar-refractivity contribution in [3.8, 4) is 11.4 Å². The van der Waals surface area contributed by atoms with Crippen LogP contribution in [0.15, 0.2) is 53.1 Å². The maximum absolute atomic E-state index is 11.9. The zero-order valence-corrected chi connectivity index (χ0v) is 13.5. The minimum absolute atomic E-state index is 0.149. The van der Waals surface area contributed by atoms with E-state index in [2.05, 4.69) is 20.8 Å². The van der Waals surface area contributed by atoms with E-state index in [0.717, 1.165) is 5.56 Å². The maximum atomic E-state index is 11.9. The van der Waals surface area contributed by atoms with Gasteiger partial charge in [-0.1, -0.05) is 47.1 Å². The number of aryl methyl sites for hydroxylation is 1. The first kappa shape index (κ1) is 15.7. The van der Waals surface area contributed by atoms with Gasteiger partial charge in [0.1, 0.15) is 0 Å². The number of nitrogens with one attached hydrogen (secondary N) is 2. The van der Waals surface area contributed by atoms with Crippen molar-refractivity contribution in [2.45, 2.75) is 13.5 Å². The first-order valence-electron chi connectivity index (χ1n) is 7.62. The molecule has 1 heterocycles. The van der Waals surface area contributed by atoms with E-state index in [1.54, 1.807) is 13.1 Å².